The number of fused-ring (bicyclic) bond motifs is 1. The molecule has 5 rings (SSSR count). The highest BCUT2D eigenvalue weighted by Gasteiger charge is 2.11. The lowest BCUT2D eigenvalue weighted by Gasteiger charge is -2.28. The fourth-order valence-electron chi connectivity index (χ4n) is 3.39. The van der Waals surface area contributed by atoms with Gasteiger partial charge in [-0.1, -0.05) is 18.2 Å². The highest BCUT2D eigenvalue weighted by molar-refractivity contribution is 5.79. The number of rotatable bonds is 4. The van der Waals surface area contributed by atoms with Gasteiger partial charge in [-0.05, 0) is 30.3 Å². The van der Waals surface area contributed by atoms with E-state index in [4.69, 9.17) is 4.74 Å². The summed E-state index contributed by atoms with van der Waals surface area (Å²) in [5.41, 5.74) is 3.16. The van der Waals surface area contributed by atoms with Crippen molar-refractivity contribution in [1.82, 2.24) is 19.7 Å². The van der Waals surface area contributed by atoms with Crippen LogP contribution in [0.25, 0.3) is 16.7 Å². The Morgan fingerprint density at radius 2 is 1.75 bits per heavy atom. The molecule has 0 amide bonds. The van der Waals surface area contributed by atoms with Gasteiger partial charge in [0.05, 0.1) is 24.9 Å². The number of ether oxygens (including phenoxy) is 1. The van der Waals surface area contributed by atoms with Crippen LogP contribution in [0.1, 0.15) is 0 Å². The number of anilines is 3. The van der Waals surface area contributed by atoms with Gasteiger partial charge >= 0.3 is 0 Å². The molecule has 4 aromatic rings. The minimum atomic E-state index is 0.538. The fraction of sp³-hybridized carbons (Fsp3) is 0.190. The van der Waals surface area contributed by atoms with Crippen molar-refractivity contribution in [1.29, 1.82) is 0 Å². The summed E-state index contributed by atoms with van der Waals surface area (Å²) in [4.78, 5) is 11.3. The van der Waals surface area contributed by atoms with E-state index < -0.39 is 0 Å². The summed E-state index contributed by atoms with van der Waals surface area (Å²) in [5.74, 6) is 1.26. The molecule has 1 aliphatic heterocycles. The topological polar surface area (TPSA) is 68.1 Å². The molecule has 0 saturated carbocycles. The highest BCUT2D eigenvalue weighted by Crippen LogP contribution is 2.22. The zero-order valence-corrected chi connectivity index (χ0v) is 15.3. The molecule has 3 heterocycles. The zero-order valence-electron chi connectivity index (χ0n) is 15.3. The SMILES string of the molecule is c1ccc2c(c1)cnn2-c1ccnc(Nc2ccc(N3CCOCC3)cc2)n1. The molecule has 1 saturated heterocycles. The smallest absolute Gasteiger partial charge is 0.229 e. The van der Waals surface area contributed by atoms with Gasteiger partial charge in [-0.2, -0.15) is 10.1 Å². The third-order valence-electron chi connectivity index (χ3n) is 4.83. The Hall–Kier alpha value is -3.45. The van der Waals surface area contributed by atoms with Gasteiger partial charge in [-0.15, -0.1) is 0 Å². The number of hydrogen-bond acceptors (Lipinski definition) is 6. The van der Waals surface area contributed by atoms with E-state index in [1.165, 1.54) is 5.69 Å². The van der Waals surface area contributed by atoms with Crippen molar-refractivity contribution in [2.75, 3.05) is 36.5 Å². The average Bonchev–Trinajstić information content (AvgIpc) is 3.19. The number of para-hydroxylation sites is 1. The first-order valence-corrected chi connectivity index (χ1v) is 9.33. The molecule has 140 valence electrons. The van der Waals surface area contributed by atoms with Gasteiger partial charge < -0.3 is 15.0 Å². The molecule has 0 atom stereocenters. The Balaban J connectivity index is 1.37. The molecule has 0 unspecified atom stereocenters. The van der Waals surface area contributed by atoms with Crippen molar-refractivity contribution < 1.29 is 4.74 Å². The Kier molecular flexibility index (Phi) is 4.34. The van der Waals surface area contributed by atoms with Gasteiger partial charge in [-0.25, -0.2) is 9.67 Å². The van der Waals surface area contributed by atoms with Crippen LogP contribution < -0.4 is 10.2 Å². The first-order chi connectivity index (χ1) is 13.9. The lowest BCUT2D eigenvalue weighted by atomic mass is 10.2. The van der Waals surface area contributed by atoms with E-state index in [1.54, 1.807) is 6.20 Å². The maximum absolute atomic E-state index is 5.41. The van der Waals surface area contributed by atoms with Gasteiger partial charge in [0.1, 0.15) is 0 Å². The summed E-state index contributed by atoms with van der Waals surface area (Å²) in [6.07, 6.45) is 3.58. The molecule has 0 spiro atoms. The van der Waals surface area contributed by atoms with E-state index in [0.29, 0.717) is 5.95 Å². The number of nitrogens with zero attached hydrogens (tertiary/aromatic N) is 5. The number of benzene rings is 2. The van der Waals surface area contributed by atoms with Crippen LogP contribution in [0.5, 0.6) is 0 Å². The minimum absolute atomic E-state index is 0.538. The van der Waals surface area contributed by atoms with Crippen LogP contribution >= 0.6 is 0 Å². The van der Waals surface area contributed by atoms with Crippen molar-refractivity contribution in [3.63, 3.8) is 0 Å². The second-order valence-corrected chi connectivity index (χ2v) is 6.62. The summed E-state index contributed by atoms with van der Waals surface area (Å²) >= 11 is 0. The average molecular weight is 372 g/mol. The number of morpholine rings is 1. The number of aromatic nitrogens is 4. The van der Waals surface area contributed by atoms with E-state index >= 15 is 0 Å². The summed E-state index contributed by atoms with van der Waals surface area (Å²) in [5, 5.41) is 8.82. The summed E-state index contributed by atoms with van der Waals surface area (Å²) < 4.78 is 7.24. The third-order valence-corrected chi connectivity index (χ3v) is 4.83. The van der Waals surface area contributed by atoms with E-state index in [0.717, 1.165) is 48.7 Å². The van der Waals surface area contributed by atoms with E-state index in [-0.39, 0.29) is 0 Å². The molecule has 0 radical (unpaired) electrons. The van der Waals surface area contributed by atoms with Crippen LogP contribution in [0.2, 0.25) is 0 Å². The maximum Gasteiger partial charge on any atom is 0.229 e. The first-order valence-electron chi connectivity index (χ1n) is 9.33. The van der Waals surface area contributed by atoms with Crippen LogP contribution in [0.15, 0.2) is 67.0 Å². The van der Waals surface area contributed by atoms with Crippen LogP contribution in [0.3, 0.4) is 0 Å². The van der Waals surface area contributed by atoms with Crippen LogP contribution in [0.4, 0.5) is 17.3 Å². The molecular formula is C21H20N6O. The standard InChI is InChI=1S/C21H20N6O/c1-2-4-19-16(3-1)15-23-27(19)20-9-10-22-21(25-20)24-17-5-7-18(8-6-17)26-11-13-28-14-12-26/h1-10,15H,11-14H2,(H,22,24,25). The summed E-state index contributed by atoms with van der Waals surface area (Å²) in [7, 11) is 0. The predicted octanol–water partition coefficient (Wildman–Crippen LogP) is 3.40. The predicted molar refractivity (Wildman–Crippen MR) is 109 cm³/mol. The van der Waals surface area contributed by atoms with E-state index in [1.807, 2.05) is 53.3 Å². The van der Waals surface area contributed by atoms with Crippen molar-refractivity contribution in [3.05, 3.63) is 67.0 Å². The quantitative estimate of drug-likeness (QED) is 0.592. The van der Waals surface area contributed by atoms with Crippen LogP contribution in [0, 0.1) is 0 Å². The first kappa shape index (κ1) is 16.7. The minimum Gasteiger partial charge on any atom is -0.378 e. The monoisotopic (exact) mass is 372 g/mol. The van der Waals surface area contributed by atoms with Crippen molar-refractivity contribution in [2.24, 2.45) is 0 Å². The van der Waals surface area contributed by atoms with Crippen LogP contribution in [-0.4, -0.2) is 46.1 Å². The van der Waals surface area contributed by atoms with Gasteiger partial charge in [0.15, 0.2) is 5.82 Å². The van der Waals surface area contributed by atoms with Gasteiger partial charge in [-0.3, -0.25) is 0 Å². The van der Waals surface area contributed by atoms with Gasteiger partial charge in [0.25, 0.3) is 0 Å². The lowest BCUT2D eigenvalue weighted by molar-refractivity contribution is 0.122. The second-order valence-electron chi connectivity index (χ2n) is 6.62. The Bertz CT molecular complexity index is 1090. The summed E-state index contributed by atoms with van der Waals surface area (Å²) in [6.45, 7) is 3.41. The third kappa shape index (κ3) is 3.27. The molecule has 2 aromatic heterocycles. The van der Waals surface area contributed by atoms with Crippen LogP contribution in [-0.2, 0) is 4.74 Å². The summed E-state index contributed by atoms with van der Waals surface area (Å²) in [6, 6.07) is 18.2. The van der Waals surface area contributed by atoms with Crippen molar-refractivity contribution in [2.45, 2.75) is 0 Å². The molecule has 1 aliphatic rings. The molecule has 0 bridgehead atoms. The second kappa shape index (κ2) is 7.28. The van der Waals surface area contributed by atoms with E-state index in [2.05, 4.69) is 37.4 Å². The molecule has 7 heteroatoms. The Morgan fingerprint density at radius 3 is 2.61 bits per heavy atom. The lowest BCUT2D eigenvalue weighted by Crippen LogP contribution is -2.36. The van der Waals surface area contributed by atoms with Crippen molar-refractivity contribution >= 4 is 28.2 Å². The normalized spacial score (nSPS) is 14.4. The Labute approximate surface area is 162 Å². The van der Waals surface area contributed by atoms with Crippen molar-refractivity contribution in [3.8, 4) is 5.82 Å². The molecule has 1 fully saturated rings. The maximum atomic E-state index is 5.41. The van der Waals surface area contributed by atoms with Gasteiger partial charge in [0, 0.05) is 42.1 Å². The van der Waals surface area contributed by atoms with E-state index in [9.17, 15) is 0 Å². The highest BCUT2D eigenvalue weighted by atomic mass is 16.5. The molecule has 28 heavy (non-hydrogen) atoms. The Morgan fingerprint density at radius 1 is 0.929 bits per heavy atom. The largest absolute Gasteiger partial charge is 0.378 e. The van der Waals surface area contributed by atoms with Gasteiger partial charge in [0.2, 0.25) is 5.95 Å². The molecular weight excluding hydrogens is 352 g/mol. The molecule has 1 N–H and O–H groups in total. The molecule has 2 aromatic carbocycles. The number of nitrogens with one attached hydrogen (secondary N) is 1. The molecule has 7 nitrogen and oxygen atoms in total. The zero-order chi connectivity index (χ0) is 18.8. The molecule has 0 aliphatic carbocycles. The fourth-order valence-corrected chi connectivity index (χ4v) is 3.39. The number of hydrogen-bond donors (Lipinski definition) is 1.